The van der Waals surface area contributed by atoms with Gasteiger partial charge in [-0.15, -0.1) is 11.3 Å². The molecule has 2 aromatic rings. The molecule has 1 aromatic carbocycles. The second kappa shape index (κ2) is 5.72. The maximum absolute atomic E-state index is 11.1. The van der Waals surface area contributed by atoms with E-state index in [0.717, 1.165) is 16.0 Å². The van der Waals surface area contributed by atoms with Gasteiger partial charge in [0.25, 0.3) is 5.69 Å². The van der Waals surface area contributed by atoms with E-state index in [9.17, 15) is 10.1 Å². The molecule has 0 radical (unpaired) electrons. The highest BCUT2D eigenvalue weighted by Gasteiger charge is 2.15. The van der Waals surface area contributed by atoms with E-state index < -0.39 is 0 Å². The van der Waals surface area contributed by atoms with Crippen molar-refractivity contribution in [2.75, 3.05) is 5.32 Å². The third-order valence-corrected chi connectivity index (χ3v) is 3.98. The number of aryl methyl sites for hydroxylation is 2. The summed E-state index contributed by atoms with van der Waals surface area (Å²) in [7, 11) is 0. The summed E-state index contributed by atoms with van der Waals surface area (Å²) in [6.45, 7) is 4.24. The summed E-state index contributed by atoms with van der Waals surface area (Å²) >= 11 is 1.46. The number of nitrogens with zero attached hydrogens (tertiary/aromatic N) is 2. The molecule has 2 rings (SSSR count). The first kappa shape index (κ1) is 14.0. The van der Waals surface area contributed by atoms with Crippen LogP contribution in [-0.2, 0) is 6.54 Å². The Morgan fingerprint density at radius 2 is 2.05 bits per heavy atom. The number of nitro groups is 1. The average Bonchev–Trinajstić information content (AvgIpc) is 2.87. The molecule has 0 aliphatic rings. The Morgan fingerprint density at radius 3 is 2.65 bits per heavy atom. The van der Waals surface area contributed by atoms with Gasteiger partial charge in [-0.3, -0.25) is 10.1 Å². The highest BCUT2D eigenvalue weighted by Crippen LogP contribution is 2.28. The Morgan fingerprint density at radius 1 is 1.35 bits per heavy atom. The second-order valence-corrected chi connectivity index (χ2v) is 5.47. The Kier molecular flexibility index (Phi) is 4.01. The standard InChI is InChI=1S/C14H13N3O2S/c1-9-3-13(14(17(18)19)4-10(9)2)16-7-12-5-11(6-15)8-20-12/h3-5,8,16H,7H2,1-2H3. The molecule has 0 spiro atoms. The number of nitriles is 1. The van der Waals surface area contributed by atoms with Gasteiger partial charge < -0.3 is 5.32 Å². The fraction of sp³-hybridized carbons (Fsp3) is 0.214. The molecule has 0 saturated carbocycles. The van der Waals surface area contributed by atoms with Crippen molar-refractivity contribution >= 4 is 22.7 Å². The van der Waals surface area contributed by atoms with Crippen molar-refractivity contribution in [1.82, 2.24) is 0 Å². The molecule has 1 heterocycles. The largest absolute Gasteiger partial charge is 0.375 e. The zero-order chi connectivity index (χ0) is 14.7. The van der Waals surface area contributed by atoms with Gasteiger partial charge in [0.1, 0.15) is 11.8 Å². The monoisotopic (exact) mass is 287 g/mol. The first-order valence-electron chi connectivity index (χ1n) is 5.98. The summed E-state index contributed by atoms with van der Waals surface area (Å²) in [6.07, 6.45) is 0. The van der Waals surface area contributed by atoms with Crippen LogP contribution in [0.3, 0.4) is 0 Å². The Bertz CT molecular complexity index is 701. The van der Waals surface area contributed by atoms with Crippen LogP contribution < -0.4 is 5.32 Å². The summed E-state index contributed by atoms with van der Waals surface area (Å²) in [5.41, 5.74) is 3.09. The summed E-state index contributed by atoms with van der Waals surface area (Å²) < 4.78 is 0. The molecule has 6 heteroatoms. The van der Waals surface area contributed by atoms with Crippen molar-refractivity contribution in [1.29, 1.82) is 5.26 Å². The third kappa shape index (κ3) is 2.95. The van der Waals surface area contributed by atoms with Crippen molar-refractivity contribution in [3.63, 3.8) is 0 Å². The van der Waals surface area contributed by atoms with E-state index in [4.69, 9.17) is 5.26 Å². The molecule has 5 nitrogen and oxygen atoms in total. The topological polar surface area (TPSA) is 79.0 Å². The van der Waals surface area contributed by atoms with Crippen molar-refractivity contribution in [3.8, 4) is 6.07 Å². The van der Waals surface area contributed by atoms with Crippen molar-refractivity contribution in [2.45, 2.75) is 20.4 Å². The zero-order valence-electron chi connectivity index (χ0n) is 11.1. The first-order valence-corrected chi connectivity index (χ1v) is 6.86. The van der Waals surface area contributed by atoms with Gasteiger partial charge in [-0.1, -0.05) is 0 Å². The highest BCUT2D eigenvalue weighted by atomic mass is 32.1. The smallest absolute Gasteiger partial charge is 0.292 e. The van der Waals surface area contributed by atoms with Gasteiger partial charge in [-0.2, -0.15) is 5.26 Å². The average molecular weight is 287 g/mol. The maximum Gasteiger partial charge on any atom is 0.292 e. The summed E-state index contributed by atoms with van der Waals surface area (Å²) in [4.78, 5) is 11.7. The predicted octanol–water partition coefficient (Wildman–Crippen LogP) is 3.76. The predicted molar refractivity (Wildman–Crippen MR) is 78.9 cm³/mol. The first-order chi connectivity index (χ1) is 9.51. The van der Waals surface area contributed by atoms with Gasteiger partial charge in [0, 0.05) is 22.9 Å². The molecule has 0 atom stereocenters. The molecular weight excluding hydrogens is 274 g/mol. The minimum Gasteiger partial charge on any atom is -0.375 e. The lowest BCUT2D eigenvalue weighted by Crippen LogP contribution is -2.02. The number of nitrogens with one attached hydrogen (secondary N) is 1. The van der Waals surface area contributed by atoms with E-state index in [1.54, 1.807) is 23.6 Å². The van der Waals surface area contributed by atoms with Crippen LogP contribution >= 0.6 is 11.3 Å². The van der Waals surface area contributed by atoms with Gasteiger partial charge in [0.2, 0.25) is 0 Å². The number of anilines is 1. The van der Waals surface area contributed by atoms with Crippen LogP contribution in [0, 0.1) is 35.3 Å². The number of thiophene rings is 1. The minimum absolute atomic E-state index is 0.0742. The SMILES string of the molecule is Cc1cc(NCc2cc(C#N)cs2)c([N+](=O)[O-])cc1C. The summed E-state index contributed by atoms with van der Waals surface area (Å²) in [6, 6.07) is 7.21. The van der Waals surface area contributed by atoms with Crippen LogP contribution in [0.1, 0.15) is 21.6 Å². The Hall–Kier alpha value is -2.39. The van der Waals surface area contributed by atoms with Gasteiger partial charge >= 0.3 is 0 Å². The molecule has 0 amide bonds. The van der Waals surface area contributed by atoms with Crippen LogP contribution in [-0.4, -0.2) is 4.92 Å². The number of rotatable bonds is 4. The van der Waals surface area contributed by atoms with E-state index in [1.165, 1.54) is 11.3 Å². The molecule has 1 aromatic heterocycles. The fourth-order valence-corrected chi connectivity index (χ4v) is 2.56. The lowest BCUT2D eigenvalue weighted by Gasteiger charge is -2.08. The van der Waals surface area contributed by atoms with Gasteiger partial charge in [0.05, 0.1) is 10.5 Å². The molecule has 0 aliphatic heterocycles. The molecule has 20 heavy (non-hydrogen) atoms. The maximum atomic E-state index is 11.1. The molecule has 0 fully saturated rings. The lowest BCUT2D eigenvalue weighted by molar-refractivity contribution is -0.384. The van der Waals surface area contributed by atoms with Crippen LogP contribution in [0.25, 0.3) is 0 Å². The Balaban J connectivity index is 2.22. The van der Waals surface area contributed by atoms with E-state index >= 15 is 0 Å². The second-order valence-electron chi connectivity index (χ2n) is 4.48. The molecule has 1 N–H and O–H groups in total. The van der Waals surface area contributed by atoms with Crippen molar-refractivity contribution in [2.24, 2.45) is 0 Å². The minimum atomic E-state index is -0.385. The van der Waals surface area contributed by atoms with E-state index in [0.29, 0.717) is 17.8 Å². The Labute approximate surface area is 120 Å². The van der Waals surface area contributed by atoms with Gasteiger partial charge in [-0.25, -0.2) is 0 Å². The molecule has 0 saturated heterocycles. The van der Waals surface area contributed by atoms with Crippen molar-refractivity contribution < 1.29 is 4.92 Å². The molecule has 0 bridgehead atoms. The number of hydrogen-bond acceptors (Lipinski definition) is 5. The van der Waals surface area contributed by atoms with Crippen LogP contribution in [0.4, 0.5) is 11.4 Å². The van der Waals surface area contributed by atoms with Gasteiger partial charge in [-0.05, 0) is 37.1 Å². The number of nitro benzene ring substituents is 1. The third-order valence-electron chi connectivity index (χ3n) is 3.04. The van der Waals surface area contributed by atoms with Crippen LogP contribution in [0.15, 0.2) is 23.6 Å². The van der Waals surface area contributed by atoms with Crippen LogP contribution in [0.2, 0.25) is 0 Å². The van der Waals surface area contributed by atoms with E-state index in [-0.39, 0.29) is 10.6 Å². The molecular formula is C14H13N3O2S. The fourth-order valence-electron chi connectivity index (χ4n) is 1.81. The molecule has 0 aliphatic carbocycles. The van der Waals surface area contributed by atoms with E-state index in [2.05, 4.69) is 11.4 Å². The quantitative estimate of drug-likeness (QED) is 0.686. The van der Waals surface area contributed by atoms with Crippen molar-refractivity contribution in [3.05, 3.63) is 55.3 Å². The normalized spacial score (nSPS) is 10.1. The number of hydrogen-bond donors (Lipinski definition) is 1. The molecule has 102 valence electrons. The summed E-state index contributed by atoms with van der Waals surface area (Å²) in [5.74, 6) is 0. The number of benzene rings is 1. The van der Waals surface area contributed by atoms with E-state index in [1.807, 2.05) is 13.8 Å². The van der Waals surface area contributed by atoms with Crippen LogP contribution in [0.5, 0.6) is 0 Å². The zero-order valence-corrected chi connectivity index (χ0v) is 12.0. The molecule has 0 unspecified atom stereocenters. The lowest BCUT2D eigenvalue weighted by atomic mass is 10.1. The van der Waals surface area contributed by atoms with Gasteiger partial charge in [0.15, 0.2) is 0 Å². The summed E-state index contributed by atoms with van der Waals surface area (Å²) in [5, 5.41) is 24.7. The highest BCUT2D eigenvalue weighted by molar-refractivity contribution is 7.10.